The number of aliphatic hydroxyl groups excluding tert-OH is 1. The number of aliphatic hydroxyl groups is 1. The molecule has 0 aliphatic rings. The number of hydrogen-bond acceptors (Lipinski definition) is 3. The Morgan fingerprint density at radius 1 is 1.47 bits per heavy atom. The first-order valence-electron chi connectivity index (χ1n) is 5.77. The molecule has 3 nitrogen and oxygen atoms in total. The Morgan fingerprint density at radius 3 is 2.88 bits per heavy atom. The van der Waals surface area contributed by atoms with Gasteiger partial charge in [0.2, 0.25) is 0 Å². The average Bonchev–Trinajstić information content (AvgIpc) is 2.30. The van der Waals surface area contributed by atoms with Gasteiger partial charge in [0, 0.05) is 13.0 Å². The SMILES string of the molecule is CCCC(=O)Oc1cc(CCCO)ccc1F. The van der Waals surface area contributed by atoms with Crippen LogP contribution in [-0.2, 0) is 11.2 Å². The molecule has 17 heavy (non-hydrogen) atoms. The summed E-state index contributed by atoms with van der Waals surface area (Å²) < 4.78 is 18.3. The fourth-order valence-electron chi connectivity index (χ4n) is 1.44. The molecule has 0 saturated heterocycles. The number of ether oxygens (including phenoxy) is 1. The monoisotopic (exact) mass is 240 g/mol. The number of carbonyl (C=O) groups excluding carboxylic acids is 1. The van der Waals surface area contributed by atoms with Crippen LogP contribution in [0.15, 0.2) is 18.2 Å². The summed E-state index contributed by atoms with van der Waals surface area (Å²) in [6, 6.07) is 4.42. The van der Waals surface area contributed by atoms with Crippen LogP contribution in [0.4, 0.5) is 4.39 Å². The molecular weight excluding hydrogens is 223 g/mol. The number of carbonyl (C=O) groups is 1. The standard InChI is InChI=1S/C13H17FO3/c1-2-4-13(16)17-12-9-10(5-3-8-15)6-7-11(12)14/h6-7,9,15H,2-5,8H2,1H3. The molecule has 0 aliphatic heterocycles. The van der Waals surface area contributed by atoms with Gasteiger partial charge in [-0.15, -0.1) is 0 Å². The number of esters is 1. The van der Waals surface area contributed by atoms with Crippen LogP contribution in [0.3, 0.4) is 0 Å². The van der Waals surface area contributed by atoms with E-state index in [1.807, 2.05) is 6.92 Å². The molecule has 1 aromatic carbocycles. The Morgan fingerprint density at radius 2 is 2.24 bits per heavy atom. The molecule has 0 aromatic heterocycles. The molecule has 0 radical (unpaired) electrons. The van der Waals surface area contributed by atoms with E-state index in [1.165, 1.54) is 12.1 Å². The maximum atomic E-state index is 13.4. The van der Waals surface area contributed by atoms with E-state index in [0.29, 0.717) is 19.3 Å². The highest BCUT2D eigenvalue weighted by Crippen LogP contribution is 2.20. The second-order valence-corrected chi connectivity index (χ2v) is 3.82. The van der Waals surface area contributed by atoms with Crippen LogP contribution in [0.25, 0.3) is 0 Å². The quantitative estimate of drug-likeness (QED) is 0.613. The van der Waals surface area contributed by atoms with Gasteiger partial charge in [0.05, 0.1) is 0 Å². The zero-order valence-corrected chi connectivity index (χ0v) is 9.91. The molecule has 0 fully saturated rings. The van der Waals surface area contributed by atoms with Crippen molar-refractivity contribution in [1.29, 1.82) is 0 Å². The molecule has 0 saturated carbocycles. The van der Waals surface area contributed by atoms with E-state index in [9.17, 15) is 9.18 Å². The van der Waals surface area contributed by atoms with E-state index in [2.05, 4.69) is 0 Å². The normalized spacial score (nSPS) is 10.3. The van der Waals surface area contributed by atoms with Gasteiger partial charge in [0.1, 0.15) is 0 Å². The summed E-state index contributed by atoms with van der Waals surface area (Å²) in [6.07, 6.45) is 2.19. The Labute approximate surface area is 100 Å². The lowest BCUT2D eigenvalue weighted by Gasteiger charge is -2.07. The molecule has 0 unspecified atom stereocenters. The first-order valence-corrected chi connectivity index (χ1v) is 5.77. The summed E-state index contributed by atoms with van der Waals surface area (Å²) >= 11 is 0. The third-order valence-electron chi connectivity index (χ3n) is 2.30. The van der Waals surface area contributed by atoms with E-state index < -0.39 is 11.8 Å². The van der Waals surface area contributed by atoms with Crippen LogP contribution in [0.5, 0.6) is 5.75 Å². The van der Waals surface area contributed by atoms with Gasteiger partial charge in [-0.1, -0.05) is 13.0 Å². The zero-order chi connectivity index (χ0) is 12.7. The summed E-state index contributed by atoms with van der Waals surface area (Å²) in [7, 11) is 0. The van der Waals surface area contributed by atoms with Gasteiger partial charge in [-0.2, -0.15) is 0 Å². The number of benzene rings is 1. The van der Waals surface area contributed by atoms with Crippen molar-refractivity contribution >= 4 is 5.97 Å². The summed E-state index contributed by atoms with van der Waals surface area (Å²) in [6.45, 7) is 1.94. The Kier molecular flexibility index (Phi) is 5.63. The molecule has 1 aromatic rings. The summed E-state index contributed by atoms with van der Waals surface area (Å²) in [5.74, 6) is -0.994. The van der Waals surface area contributed by atoms with E-state index in [0.717, 1.165) is 5.56 Å². The Balaban J connectivity index is 2.72. The lowest BCUT2D eigenvalue weighted by Crippen LogP contribution is -2.08. The lowest BCUT2D eigenvalue weighted by atomic mass is 10.1. The highest BCUT2D eigenvalue weighted by molar-refractivity contribution is 5.72. The van der Waals surface area contributed by atoms with Crippen molar-refractivity contribution in [2.75, 3.05) is 6.61 Å². The van der Waals surface area contributed by atoms with Crippen molar-refractivity contribution < 1.29 is 19.0 Å². The van der Waals surface area contributed by atoms with Crippen LogP contribution in [0, 0.1) is 5.82 Å². The highest BCUT2D eigenvalue weighted by Gasteiger charge is 2.09. The first-order chi connectivity index (χ1) is 8.17. The van der Waals surface area contributed by atoms with Crippen molar-refractivity contribution in [3.05, 3.63) is 29.6 Å². The van der Waals surface area contributed by atoms with E-state index >= 15 is 0 Å². The molecule has 94 valence electrons. The van der Waals surface area contributed by atoms with Gasteiger partial charge in [0.25, 0.3) is 0 Å². The van der Waals surface area contributed by atoms with Crippen molar-refractivity contribution in [3.8, 4) is 5.75 Å². The number of hydrogen-bond donors (Lipinski definition) is 1. The summed E-state index contributed by atoms with van der Waals surface area (Å²) in [5, 5.41) is 8.71. The van der Waals surface area contributed by atoms with Crippen molar-refractivity contribution in [2.24, 2.45) is 0 Å². The maximum absolute atomic E-state index is 13.4. The van der Waals surface area contributed by atoms with Gasteiger partial charge in [0.15, 0.2) is 11.6 Å². The van der Waals surface area contributed by atoms with Gasteiger partial charge in [-0.3, -0.25) is 4.79 Å². The van der Waals surface area contributed by atoms with Gasteiger partial charge in [-0.25, -0.2) is 4.39 Å². The predicted octanol–water partition coefficient (Wildman–Crippen LogP) is 2.46. The molecule has 1 N–H and O–H groups in total. The number of aryl methyl sites for hydroxylation is 1. The average molecular weight is 240 g/mol. The van der Waals surface area contributed by atoms with Crippen LogP contribution in [0.2, 0.25) is 0 Å². The van der Waals surface area contributed by atoms with Crippen LogP contribution < -0.4 is 4.74 Å². The molecule has 0 spiro atoms. The molecule has 0 heterocycles. The topological polar surface area (TPSA) is 46.5 Å². The minimum Gasteiger partial charge on any atom is -0.423 e. The highest BCUT2D eigenvalue weighted by atomic mass is 19.1. The summed E-state index contributed by atoms with van der Waals surface area (Å²) in [5.41, 5.74) is 0.847. The third kappa shape index (κ3) is 4.53. The largest absolute Gasteiger partial charge is 0.423 e. The maximum Gasteiger partial charge on any atom is 0.311 e. The van der Waals surface area contributed by atoms with E-state index in [4.69, 9.17) is 9.84 Å². The predicted molar refractivity (Wildman–Crippen MR) is 62.3 cm³/mol. The molecule has 0 aliphatic carbocycles. The van der Waals surface area contributed by atoms with Crippen molar-refractivity contribution in [3.63, 3.8) is 0 Å². The Hall–Kier alpha value is -1.42. The van der Waals surface area contributed by atoms with Crippen LogP contribution in [0.1, 0.15) is 31.7 Å². The van der Waals surface area contributed by atoms with E-state index in [1.54, 1.807) is 6.07 Å². The third-order valence-corrected chi connectivity index (χ3v) is 2.30. The smallest absolute Gasteiger partial charge is 0.311 e. The minimum absolute atomic E-state index is 0.0288. The molecule has 0 bridgehead atoms. The van der Waals surface area contributed by atoms with Gasteiger partial charge < -0.3 is 9.84 Å². The van der Waals surface area contributed by atoms with Crippen LogP contribution >= 0.6 is 0 Å². The molecule has 4 heteroatoms. The molecule has 1 rings (SSSR count). The number of halogens is 1. The first kappa shape index (κ1) is 13.6. The fraction of sp³-hybridized carbons (Fsp3) is 0.462. The lowest BCUT2D eigenvalue weighted by molar-refractivity contribution is -0.134. The molecular formula is C13H17FO3. The Bertz CT molecular complexity index is 377. The molecule has 0 amide bonds. The fourth-order valence-corrected chi connectivity index (χ4v) is 1.44. The second-order valence-electron chi connectivity index (χ2n) is 3.82. The van der Waals surface area contributed by atoms with Crippen LogP contribution in [-0.4, -0.2) is 17.7 Å². The minimum atomic E-state index is -0.540. The van der Waals surface area contributed by atoms with Crippen molar-refractivity contribution in [1.82, 2.24) is 0 Å². The van der Waals surface area contributed by atoms with Gasteiger partial charge in [-0.05, 0) is 37.0 Å². The van der Waals surface area contributed by atoms with Crippen molar-refractivity contribution in [2.45, 2.75) is 32.6 Å². The van der Waals surface area contributed by atoms with Gasteiger partial charge >= 0.3 is 5.97 Å². The zero-order valence-electron chi connectivity index (χ0n) is 9.91. The summed E-state index contributed by atoms with van der Waals surface area (Å²) in [4.78, 5) is 11.3. The second kappa shape index (κ2) is 7.01. The number of rotatable bonds is 6. The molecule has 0 atom stereocenters. The van der Waals surface area contributed by atoms with E-state index in [-0.39, 0.29) is 18.8 Å².